The molecule has 0 amide bonds. The van der Waals surface area contributed by atoms with Gasteiger partial charge < -0.3 is 18.9 Å². The van der Waals surface area contributed by atoms with Crippen molar-refractivity contribution in [2.75, 3.05) is 20.3 Å². The first-order chi connectivity index (χ1) is 18.4. The third-order valence-electron chi connectivity index (χ3n) is 6.91. The van der Waals surface area contributed by atoms with Crippen molar-refractivity contribution >= 4 is 20.4 Å². The summed E-state index contributed by atoms with van der Waals surface area (Å²) in [4.78, 5) is 0. The summed E-state index contributed by atoms with van der Waals surface area (Å²) >= 11 is 0. The molecule has 2 aliphatic heterocycles. The quantitative estimate of drug-likeness (QED) is 0.403. The van der Waals surface area contributed by atoms with Crippen LogP contribution in [0.1, 0.15) is 63.8 Å². The second-order valence-corrected chi connectivity index (χ2v) is 13.8. The maximum Gasteiger partial charge on any atom is 0.335 e. The molecule has 0 aromatic heterocycles. The lowest BCUT2D eigenvalue weighted by Gasteiger charge is -2.25. The molecule has 0 fully saturated rings. The Morgan fingerprint density at radius 1 is 0.800 bits per heavy atom. The minimum absolute atomic E-state index is 0.0987. The molecule has 2 aromatic carbocycles. The molecular formula is C27H39NO10S2. The van der Waals surface area contributed by atoms with Gasteiger partial charge in [0.25, 0.3) is 10.1 Å². The first kappa shape index (κ1) is 32.3. The van der Waals surface area contributed by atoms with Gasteiger partial charge in [-0.05, 0) is 70.9 Å². The molecule has 2 aliphatic rings. The Hall–Kier alpha value is -2.26. The van der Waals surface area contributed by atoms with Gasteiger partial charge in [0.15, 0.2) is 0 Å². The second kappa shape index (κ2) is 11.9. The number of hydrogen-bond acceptors (Lipinski definition) is 8. The van der Waals surface area contributed by atoms with Crippen LogP contribution in [0.3, 0.4) is 0 Å². The van der Waals surface area contributed by atoms with Crippen molar-refractivity contribution in [2.45, 2.75) is 77.3 Å². The van der Waals surface area contributed by atoms with Crippen LogP contribution in [0.15, 0.2) is 36.4 Å². The van der Waals surface area contributed by atoms with Gasteiger partial charge in [-0.1, -0.05) is 18.2 Å². The van der Waals surface area contributed by atoms with E-state index < -0.39 is 26.2 Å². The van der Waals surface area contributed by atoms with E-state index in [9.17, 15) is 16.8 Å². The van der Waals surface area contributed by atoms with Crippen molar-refractivity contribution < 1.29 is 44.9 Å². The van der Waals surface area contributed by atoms with Crippen LogP contribution in [0.2, 0.25) is 0 Å². The predicted molar refractivity (Wildman–Crippen MR) is 149 cm³/mol. The van der Waals surface area contributed by atoms with E-state index in [0.717, 1.165) is 26.7 Å². The molecule has 2 N–H and O–H groups in total. The minimum atomic E-state index is -4.19. The standard InChI is InChI=1S/C14H21NO5S.C13H18O5S/c1-5-19-13-14(2,3)11-8-10(6-7-12(11)20-13)9-15(4)21(16,17)18;1-4-17-12-13(2,3)10-7-9(8-19(14,15)16)5-6-11(10)18-12/h6-8,13H,5,9H2,1-4H3,(H,16,17,18);5-7,12H,4,8H2,1-3H3,(H,14,15,16). The third kappa shape index (κ3) is 7.32. The molecule has 2 atom stereocenters. The normalized spacial score (nSPS) is 20.6. The van der Waals surface area contributed by atoms with Gasteiger partial charge in [-0.25, -0.2) is 0 Å². The van der Waals surface area contributed by atoms with E-state index in [1.165, 1.54) is 7.05 Å². The molecule has 0 saturated carbocycles. The van der Waals surface area contributed by atoms with Crippen LogP contribution >= 0.6 is 0 Å². The maximum atomic E-state index is 11.1. The summed E-state index contributed by atoms with van der Waals surface area (Å²) in [5.74, 6) is 1.05. The highest BCUT2D eigenvalue weighted by Gasteiger charge is 2.43. The van der Waals surface area contributed by atoms with E-state index in [-0.39, 0.29) is 30.0 Å². The van der Waals surface area contributed by atoms with Gasteiger partial charge >= 0.3 is 10.3 Å². The number of hydrogen-bond donors (Lipinski definition) is 2. The first-order valence-corrected chi connectivity index (χ1v) is 15.9. The molecular weight excluding hydrogens is 562 g/mol. The molecule has 2 aromatic rings. The van der Waals surface area contributed by atoms with Gasteiger partial charge in [0.2, 0.25) is 12.6 Å². The Morgan fingerprint density at radius 2 is 1.23 bits per heavy atom. The number of fused-ring (bicyclic) bond motifs is 2. The fraction of sp³-hybridized carbons (Fsp3) is 0.556. The molecule has 224 valence electrons. The SMILES string of the molecule is CCOC1Oc2ccc(CN(C)S(=O)(=O)O)cc2C1(C)C.CCOC1Oc2ccc(CS(=O)(=O)O)cc2C1(C)C. The molecule has 2 heterocycles. The van der Waals surface area contributed by atoms with E-state index in [4.69, 9.17) is 28.1 Å². The average Bonchev–Trinajstić information content (AvgIpc) is 3.22. The lowest BCUT2D eigenvalue weighted by Crippen LogP contribution is -2.34. The van der Waals surface area contributed by atoms with Gasteiger partial charge in [-0.2, -0.15) is 21.1 Å². The van der Waals surface area contributed by atoms with E-state index in [2.05, 4.69) is 0 Å². The second-order valence-electron chi connectivity index (χ2n) is 10.9. The van der Waals surface area contributed by atoms with Crippen molar-refractivity contribution in [2.24, 2.45) is 0 Å². The number of benzene rings is 2. The third-order valence-corrected chi connectivity index (χ3v) is 8.52. The molecule has 0 aliphatic carbocycles. The first-order valence-electron chi connectivity index (χ1n) is 12.9. The van der Waals surface area contributed by atoms with Gasteiger partial charge in [0.1, 0.15) is 17.3 Å². The monoisotopic (exact) mass is 601 g/mol. The molecule has 0 spiro atoms. The lowest BCUT2D eigenvalue weighted by molar-refractivity contribution is -0.0983. The highest BCUT2D eigenvalue weighted by atomic mass is 32.2. The lowest BCUT2D eigenvalue weighted by atomic mass is 9.84. The van der Waals surface area contributed by atoms with E-state index in [0.29, 0.717) is 24.5 Å². The summed E-state index contributed by atoms with van der Waals surface area (Å²) in [6.45, 7) is 13.0. The number of ether oxygens (including phenoxy) is 4. The molecule has 2 unspecified atom stereocenters. The minimum Gasteiger partial charge on any atom is -0.464 e. The molecule has 13 heteroatoms. The Kier molecular flexibility index (Phi) is 9.61. The fourth-order valence-electron chi connectivity index (χ4n) is 4.67. The van der Waals surface area contributed by atoms with Gasteiger partial charge in [-0.15, -0.1) is 0 Å². The zero-order valence-electron chi connectivity index (χ0n) is 23.9. The van der Waals surface area contributed by atoms with Gasteiger partial charge in [0, 0.05) is 37.9 Å². The van der Waals surface area contributed by atoms with Crippen molar-refractivity contribution in [1.82, 2.24) is 4.31 Å². The Morgan fingerprint density at radius 3 is 1.62 bits per heavy atom. The zero-order chi connectivity index (χ0) is 30.1. The molecule has 0 saturated heterocycles. The fourth-order valence-corrected chi connectivity index (χ4v) is 5.58. The number of nitrogens with zero attached hydrogens (tertiary/aromatic N) is 1. The van der Waals surface area contributed by atoms with E-state index >= 15 is 0 Å². The van der Waals surface area contributed by atoms with Crippen molar-refractivity contribution in [1.29, 1.82) is 0 Å². The van der Waals surface area contributed by atoms with E-state index in [1.807, 2.05) is 53.7 Å². The maximum absolute atomic E-state index is 11.1. The predicted octanol–water partition coefficient (Wildman–Crippen LogP) is 4.06. The van der Waals surface area contributed by atoms with Crippen LogP contribution in [-0.2, 0) is 53.0 Å². The summed E-state index contributed by atoms with van der Waals surface area (Å²) < 4.78 is 85.5. The summed E-state index contributed by atoms with van der Waals surface area (Å²) in [5, 5.41) is 0. The van der Waals surface area contributed by atoms with Gasteiger partial charge in [0.05, 0.1) is 10.8 Å². The molecule has 0 radical (unpaired) electrons. The number of rotatable bonds is 9. The van der Waals surface area contributed by atoms with E-state index in [1.54, 1.807) is 24.3 Å². The molecule has 11 nitrogen and oxygen atoms in total. The largest absolute Gasteiger partial charge is 0.464 e. The average molecular weight is 602 g/mol. The Bertz CT molecular complexity index is 1420. The summed E-state index contributed by atoms with van der Waals surface area (Å²) in [5.41, 5.74) is 2.51. The van der Waals surface area contributed by atoms with Crippen molar-refractivity contribution in [3.05, 3.63) is 58.7 Å². The molecule has 4 rings (SSSR count). The Labute approximate surface area is 237 Å². The highest BCUT2D eigenvalue weighted by molar-refractivity contribution is 7.85. The van der Waals surface area contributed by atoms with Crippen LogP contribution in [0.25, 0.3) is 0 Å². The van der Waals surface area contributed by atoms with Crippen LogP contribution in [-0.4, -0.2) is 63.1 Å². The van der Waals surface area contributed by atoms with Gasteiger partial charge in [-0.3, -0.25) is 9.11 Å². The smallest absolute Gasteiger partial charge is 0.335 e. The summed E-state index contributed by atoms with van der Waals surface area (Å²) in [7, 11) is -6.89. The van der Waals surface area contributed by atoms with Crippen molar-refractivity contribution in [3.8, 4) is 11.5 Å². The highest BCUT2D eigenvalue weighted by Crippen LogP contribution is 2.44. The zero-order valence-corrected chi connectivity index (χ0v) is 25.5. The van der Waals surface area contributed by atoms with Crippen LogP contribution < -0.4 is 9.47 Å². The summed E-state index contributed by atoms with van der Waals surface area (Å²) in [6.07, 6.45) is -0.736. The molecule has 40 heavy (non-hydrogen) atoms. The molecule has 0 bridgehead atoms. The van der Waals surface area contributed by atoms with Crippen LogP contribution in [0.5, 0.6) is 11.5 Å². The van der Waals surface area contributed by atoms with Crippen LogP contribution in [0.4, 0.5) is 0 Å². The Balaban J connectivity index is 0.000000222. The van der Waals surface area contributed by atoms with Crippen LogP contribution in [0, 0.1) is 0 Å². The van der Waals surface area contributed by atoms with Crippen molar-refractivity contribution in [3.63, 3.8) is 0 Å². The summed E-state index contributed by atoms with van der Waals surface area (Å²) in [6, 6.07) is 10.6. The topological polar surface area (TPSA) is 149 Å².